The van der Waals surface area contributed by atoms with Crippen molar-refractivity contribution < 1.29 is 9.84 Å². The van der Waals surface area contributed by atoms with Gasteiger partial charge in [-0.3, -0.25) is 0 Å². The average Bonchev–Trinajstić information content (AvgIpc) is 2.72. The smallest absolute Gasteiger partial charge is 0.126 e. The van der Waals surface area contributed by atoms with Crippen molar-refractivity contribution in [2.75, 3.05) is 6.61 Å². The van der Waals surface area contributed by atoms with Gasteiger partial charge in [-0.1, -0.05) is 32.4 Å². The molecule has 116 valence electrons. The molecule has 2 nitrogen and oxygen atoms in total. The summed E-state index contributed by atoms with van der Waals surface area (Å²) in [6, 6.07) is 3.96. The molecule has 2 unspecified atom stereocenters. The first-order valence-corrected chi connectivity index (χ1v) is 8.31. The molecule has 0 radical (unpaired) electrons. The molecular formula is C18H25ClO2. The lowest BCUT2D eigenvalue weighted by molar-refractivity contribution is -0.0577. The minimum absolute atomic E-state index is 0.190. The van der Waals surface area contributed by atoms with Crippen molar-refractivity contribution >= 4 is 11.6 Å². The maximum Gasteiger partial charge on any atom is 0.126 e. The van der Waals surface area contributed by atoms with Crippen LogP contribution < -0.4 is 4.74 Å². The molecule has 1 heterocycles. The molecule has 0 spiro atoms. The van der Waals surface area contributed by atoms with E-state index in [9.17, 15) is 5.11 Å². The SMILES string of the molecule is CC1CC(C)(C)CC(O)(Cc2cc(Cl)cc3c2OCC3)C1. The van der Waals surface area contributed by atoms with Crippen molar-refractivity contribution in [2.45, 2.75) is 58.5 Å². The van der Waals surface area contributed by atoms with Crippen LogP contribution in [0.3, 0.4) is 0 Å². The Balaban J connectivity index is 1.89. The number of aliphatic hydroxyl groups is 1. The Labute approximate surface area is 132 Å². The molecule has 1 saturated carbocycles. The van der Waals surface area contributed by atoms with Crippen LogP contribution in [-0.4, -0.2) is 17.3 Å². The Hall–Kier alpha value is -0.730. The highest BCUT2D eigenvalue weighted by atomic mass is 35.5. The molecule has 1 aliphatic heterocycles. The van der Waals surface area contributed by atoms with E-state index < -0.39 is 5.60 Å². The van der Waals surface area contributed by atoms with E-state index in [1.54, 1.807) is 0 Å². The first-order chi connectivity index (χ1) is 9.76. The van der Waals surface area contributed by atoms with E-state index in [1.165, 1.54) is 12.0 Å². The highest BCUT2D eigenvalue weighted by Crippen LogP contribution is 2.46. The van der Waals surface area contributed by atoms with Gasteiger partial charge in [0.1, 0.15) is 5.75 Å². The summed E-state index contributed by atoms with van der Waals surface area (Å²) in [5.41, 5.74) is 1.80. The van der Waals surface area contributed by atoms with Crippen molar-refractivity contribution in [3.63, 3.8) is 0 Å². The zero-order chi connectivity index (χ0) is 15.3. The molecule has 1 aromatic carbocycles. The van der Waals surface area contributed by atoms with E-state index in [0.717, 1.165) is 42.2 Å². The second-order valence-electron chi connectivity index (χ2n) is 7.91. The largest absolute Gasteiger partial charge is 0.493 e. The van der Waals surface area contributed by atoms with Gasteiger partial charge in [0.2, 0.25) is 0 Å². The summed E-state index contributed by atoms with van der Waals surface area (Å²) in [5, 5.41) is 11.9. The Morgan fingerprint density at radius 3 is 2.81 bits per heavy atom. The number of ether oxygens (including phenoxy) is 1. The third-order valence-electron chi connectivity index (χ3n) is 4.78. The fourth-order valence-electron chi connectivity index (χ4n) is 4.67. The number of halogens is 1. The molecule has 0 saturated heterocycles. The molecule has 2 atom stereocenters. The van der Waals surface area contributed by atoms with Crippen LogP contribution in [0.15, 0.2) is 12.1 Å². The summed E-state index contributed by atoms with van der Waals surface area (Å²) in [7, 11) is 0. The lowest BCUT2D eigenvalue weighted by atomic mass is 9.64. The van der Waals surface area contributed by atoms with Crippen LogP contribution in [0.1, 0.15) is 51.2 Å². The third kappa shape index (κ3) is 3.22. The first kappa shape index (κ1) is 15.2. The highest BCUT2D eigenvalue weighted by Gasteiger charge is 2.42. The van der Waals surface area contributed by atoms with Crippen molar-refractivity contribution in [1.82, 2.24) is 0 Å². The predicted octanol–water partition coefficient (Wildman–Crippen LogP) is 4.39. The molecule has 0 amide bonds. The molecule has 3 heteroatoms. The summed E-state index contributed by atoms with van der Waals surface area (Å²) in [6.45, 7) is 7.48. The fourth-order valence-corrected chi connectivity index (χ4v) is 4.93. The highest BCUT2D eigenvalue weighted by molar-refractivity contribution is 6.30. The summed E-state index contributed by atoms with van der Waals surface area (Å²) < 4.78 is 5.78. The van der Waals surface area contributed by atoms with Crippen LogP contribution in [0.5, 0.6) is 5.75 Å². The number of benzene rings is 1. The molecule has 1 aliphatic carbocycles. The van der Waals surface area contributed by atoms with Gasteiger partial charge < -0.3 is 9.84 Å². The number of hydrogen-bond acceptors (Lipinski definition) is 2. The standard InChI is InChI=1S/C18H25ClO2/c1-12-8-17(2,3)11-18(20,9-12)10-14-7-15(19)6-13-4-5-21-16(13)14/h6-7,12,20H,4-5,8-11H2,1-3H3. The van der Waals surface area contributed by atoms with Gasteiger partial charge in [-0.25, -0.2) is 0 Å². The maximum atomic E-state index is 11.2. The minimum Gasteiger partial charge on any atom is -0.493 e. The second kappa shape index (κ2) is 5.17. The molecule has 0 bridgehead atoms. The van der Waals surface area contributed by atoms with Gasteiger partial charge in [-0.05, 0) is 53.9 Å². The molecule has 0 aromatic heterocycles. The van der Waals surface area contributed by atoms with Crippen molar-refractivity contribution in [1.29, 1.82) is 0 Å². The van der Waals surface area contributed by atoms with Gasteiger partial charge in [-0.15, -0.1) is 0 Å². The molecule has 21 heavy (non-hydrogen) atoms. The second-order valence-corrected chi connectivity index (χ2v) is 8.34. The summed E-state index contributed by atoms with van der Waals surface area (Å²) in [4.78, 5) is 0. The third-order valence-corrected chi connectivity index (χ3v) is 5.00. The minimum atomic E-state index is -0.647. The maximum absolute atomic E-state index is 11.2. The van der Waals surface area contributed by atoms with Gasteiger partial charge in [-0.2, -0.15) is 0 Å². The Morgan fingerprint density at radius 1 is 1.33 bits per heavy atom. The van der Waals surface area contributed by atoms with Gasteiger partial charge in [0, 0.05) is 17.9 Å². The summed E-state index contributed by atoms with van der Waals surface area (Å²) in [6.07, 6.45) is 4.44. The van der Waals surface area contributed by atoms with E-state index in [2.05, 4.69) is 20.8 Å². The lowest BCUT2D eigenvalue weighted by Crippen LogP contribution is -2.43. The molecule has 2 aliphatic rings. The summed E-state index contributed by atoms with van der Waals surface area (Å²) >= 11 is 6.24. The van der Waals surface area contributed by atoms with Crippen LogP contribution in [0, 0.1) is 11.3 Å². The van der Waals surface area contributed by atoms with E-state index >= 15 is 0 Å². The van der Waals surface area contributed by atoms with Crippen LogP contribution in [-0.2, 0) is 12.8 Å². The monoisotopic (exact) mass is 308 g/mol. The van der Waals surface area contributed by atoms with Crippen LogP contribution in [0.2, 0.25) is 5.02 Å². The van der Waals surface area contributed by atoms with E-state index in [1.807, 2.05) is 12.1 Å². The zero-order valence-electron chi connectivity index (χ0n) is 13.2. The van der Waals surface area contributed by atoms with Crippen LogP contribution >= 0.6 is 11.6 Å². The van der Waals surface area contributed by atoms with Crippen molar-refractivity contribution in [3.8, 4) is 5.75 Å². The van der Waals surface area contributed by atoms with E-state index in [-0.39, 0.29) is 5.41 Å². The Morgan fingerprint density at radius 2 is 2.10 bits per heavy atom. The van der Waals surface area contributed by atoms with Crippen molar-refractivity contribution in [2.24, 2.45) is 11.3 Å². The van der Waals surface area contributed by atoms with Gasteiger partial charge >= 0.3 is 0 Å². The topological polar surface area (TPSA) is 29.5 Å². The van der Waals surface area contributed by atoms with Crippen LogP contribution in [0.4, 0.5) is 0 Å². The quantitative estimate of drug-likeness (QED) is 0.877. The van der Waals surface area contributed by atoms with Gasteiger partial charge in [0.25, 0.3) is 0 Å². The molecule has 1 aromatic rings. The predicted molar refractivity (Wildman–Crippen MR) is 86.1 cm³/mol. The molecule has 1 N–H and O–H groups in total. The Kier molecular flexibility index (Phi) is 3.74. The number of rotatable bonds is 2. The van der Waals surface area contributed by atoms with Gasteiger partial charge in [0.05, 0.1) is 12.2 Å². The van der Waals surface area contributed by atoms with E-state index in [4.69, 9.17) is 16.3 Å². The normalized spacial score (nSPS) is 30.8. The number of fused-ring (bicyclic) bond motifs is 1. The summed E-state index contributed by atoms with van der Waals surface area (Å²) in [5.74, 6) is 1.51. The Bertz CT molecular complexity index is 552. The van der Waals surface area contributed by atoms with Crippen LogP contribution in [0.25, 0.3) is 0 Å². The lowest BCUT2D eigenvalue weighted by Gasteiger charge is -2.45. The molecular weight excluding hydrogens is 284 g/mol. The van der Waals surface area contributed by atoms with Crippen molar-refractivity contribution in [3.05, 3.63) is 28.3 Å². The number of hydrogen-bond donors (Lipinski definition) is 1. The first-order valence-electron chi connectivity index (χ1n) is 7.93. The molecule has 3 rings (SSSR count). The molecule has 1 fully saturated rings. The zero-order valence-corrected chi connectivity index (χ0v) is 14.0. The van der Waals surface area contributed by atoms with E-state index in [0.29, 0.717) is 12.3 Å². The average molecular weight is 309 g/mol. The van der Waals surface area contributed by atoms with Gasteiger partial charge in [0.15, 0.2) is 0 Å². The fraction of sp³-hybridized carbons (Fsp3) is 0.667.